The van der Waals surface area contributed by atoms with Gasteiger partial charge in [0.25, 0.3) is 0 Å². The molecule has 24 heavy (non-hydrogen) atoms. The Morgan fingerprint density at radius 3 is 2.71 bits per heavy atom. The average molecular weight is 440 g/mol. The second-order valence-electron chi connectivity index (χ2n) is 5.18. The first kappa shape index (κ1) is 20.2. The monoisotopic (exact) mass is 440 g/mol. The van der Waals surface area contributed by atoms with Crippen molar-refractivity contribution in [1.29, 1.82) is 0 Å². The summed E-state index contributed by atoms with van der Waals surface area (Å²) in [6, 6.07) is 12.2. The lowest BCUT2D eigenvalue weighted by Crippen LogP contribution is -2.36. The highest BCUT2D eigenvalue weighted by molar-refractivity contribution is 14.0. The summed E-state index contributed by atoms with van der Waals surface area (Å²) in [5.74, 6) is 1.40. The maximum absolute atomic E-state index is 5.14. The fraction of sp³-hybridized carbons (Fsp3) is 0.333. The van der Waals surface area contributed by atoms with E-state index in [1.807, 2.05) is 12.1 Å². The molecular weight excluding hydrogens is 415 g/mol. The highest BCUT2D eigenvalue weighted by Crippen LogP contribution is 2.09. The molecule has 0 saturated heterocycles. The molecule has 0 atom stereocenters. The van der Waals surface area contributed by atoms with E-state index in [0.29, 0.717) is 12.4 Å². The van der Waals surface area contributed by atoms with Crippen LogP contribution in [0.2, 0.25) is 0 Å². The van der Waals surface area contributed by atoms with Gasteiger partial charge in [0.15, 0.2) is 5.96 Å². The number of nitrogens with one attached hydrogen (secondary N) is 2. The second-order valence-corrected chi connectivity index (χ2v) is 5.18. The predicted molar refractivity (Wildman–Crippen MR) is 109 cm³/mol. The number of rotatable bonds is 6. The molecule has 130 valence electrons. The molecule has 0 saturated carbocycles. The van der Waals surface area contributed by atoms with Gasteiger partial charge in [-0.1, -0.05) is 24.3 Å². The number of nitrogens with zero attached hydrogens (tertiary/aromatic N) is 2. The quantitative estimate of drug-likeness (QED) is 0.411. The molecule has 0 aliphatic rings. The molecule has 2 N–H and O–H groups in total. The summed E-state index contributed by atoms with van der Waals surface area (Å²) in [5, 5.41) is 6.63. The van der Waals surface area contributed by atoms with Crippen LogP contribution >= 0.6 is 24.0 Å². The Morgan fingerprint density at radius 2 is 2.00 bits per heavy atom. The van der Waals surface area contributed by atoms with Gasteiger partial charge in [-0.25, -0.2) is 9.98 Å². The van der Waals surface area contributed by atoms with Crippen LogP contribution in [-0.4, -0.2) is 24.6 Å². The van der Waals surface area contributed by atoms with Crippen molar-refractivity contribution in [2.45, 2.75) is 26.9 Å². The van der Waals surface area contributed by atoms with Crippen LogP contribution in [0, 0.1) is 6.92 Å². The highest BCUT2D eigenvalue weighted by Gasteiger charge is 2.01. The molecule has 6 heteroatoms. The van der Waals surface area contributed by atoms with Gasteiger partial charge in [0.05, 0.1) is 13.7 Å². The lowest BCUT2D eigenvalue weighted by molar-refractivity contribution is 0.397. The minimum Gasteiger partial charge on any atom is -0.481 e. The van der Waals surface area contributed by atoms with E-state index >= 15 is 0 Å². The molecule has 2 aromatic rings. The van der Waals surface area contributed by atoms with Gasteiger partial charge in [-0.15, -0.1) is 24.0 Å². The SMILES string of the molecule is CCNC(=NCc1ccnc(OC)c1)NCc1ccccc1C.I. The number of benzene rings is 1. The third kappa shape index (κ3) is 6.35. The van der Waals surface area contributed by atoms with Crippen molar-refractivity contribution in [1.82, 2.24) is 15.6 Å². The number of hydrogen-bond donors (Lipinski definition) is 2. The molecule has 0 radical (unpaired) electrons. The predicted octanol–water partition coefficient (Wildman–Crippen LogP) is 3.27. The fourth-order valence-electron chi connectivity index (χ4n) is 2.16. The first-order valence-electron chi connectivity index (χ1n) is 7.78. The summed E-state index contributed by atoms with van der Waals surface area (Å²) < 4.78 is 5.14. The molecule has 5 nitrogen and oxygen atoms in total. The Labute approximate surface area is 161 Å². The van der Waals surface area contributed by atoms with Crippen molar-refractivity contribution in [2.24, 2.45) is 4.99 Å². The van der Waals surface area contributed by atoms with Crippen LogP contribution in [-0.2, 0) is 13.1 Å². The van der Waals surface area contributed by atoms with Gasteiger partial charge in [0, 0.05) is 25.4 Å². The molecule has 0 unspecified atom stereocenters. The Morgan fingerprint density at radius 1 is 1.21 bits per heavy atom. The molecule has 0 bridgehead atoms. The number of aryl methyl sites for hydroxylation is 1. The zero-order valence-electron chi connectivity index (χ0n) is 14.4. The molecule has 0 amide bonds. The Hall–Kier alpha value is -1.83. The number of methoxy groups -OCH3 is 1. The lowest BCUT2D eigenvalue weighted by Gasteiger charge is -2.12. The highest BCUT2D eigenvalue weighted by atomic mass is 127. The minimum atomic E-state index is 0. The molecule has 0 fully saturated rings. The number of pyridine rings is 1. The molecule has 2 rings (SSSR count). The average Bonchev–Trinajstić information content (AvgIpc) is 2.59. The summed E-state index contributed by atoms with van der Waals surface area (Å²) >= 11 is 0. The molecule has 1 aromatic heterocycles. The number of ether oxygens (including phenoxy) is 1. The van der Waals surface area contributed by atoms with E-state index in [-0.39, 0.29) is 24.0 Å². The van der Waals surface area contributed by atoms with E-state index in [1.165, 1.54) is 11.1 Å². The van der Waals surface area contributed by atoms with Gasteiger partial charge in [0.2, 0.25) is 5.88 Å². The maximum atomic E-state index is 5.14. The normalized spacial score (nSPS) is 10.7. The Balaban J connectivity index is 0.00000288. The van der Waals surface area contributed by atoms with Crippen LogP contribution in [0.15, 0.2) is 47.6 Å². The zero-order valence-corrected chi connectivity index (χ0v) is 16.7. The van der Waals surface area contributed by atoms with Crippen LogP contribution in [0.25, 0.3) is 0 Å². The van der Waals surface area contributed by atoms with Crippen molar-refractivity contribution < 1.29 is 4.74 Å². The number of guanidine groups is 1. The number of aromatic nitrogens is 1. The summed E-state index contributed by atoms with van der Waals surface area (Å²) in [5.41, 5.74) is 3.60. The van der Waals surface area contributed by atoms with Crippen LogP contribution in [0.4, 0.5) is 0 Å². The first-order valence-corrected chi connectivity index (χ1v) is 7.78. The van der Waals surface area contributed by atoms with Crippen molar-refractivity contribution in [3.63, 3.8) is 0 Å². The van der Waals surface area contributed by atoms with E-state index in [9.17, 15) is 0 Å². The molecule has 1 heterocycles. The molecule has 0 aliphatic heterocycles. The summed E-state index contributed by atoms with van der Waals surface area (Å²) in [6.45, 7) is 6.31. The van der Waals surface area contributed by atoms with Crippen LogP contribution in [0.1, 0.15) is 23.6 Å². The van der Waals surface area contributed by atoms with Crippen LogP contribution in [0.3, 0.4) is 0 Å². The van der Waals surface area contributed by atoms with E-state index in [0.717, 1.165) is 24.6 Å². The topological polar surface area (TPSA) is 58.5 Å². The van der Waals surface area contributed by atoms with Gasteiger partial charge >= 0.3 is 0 Å². The van der Waals surface area contributed by atoms with Gasteiger partial charge in [-0.3, -0.25) is 0 Å². The number of hydrogen-bond acceptors (Lipinski definition) is 3. The van der Waals surface area contributed by atoms with E-state index < -0.39 is 0 Å². The summed E-state index contributed by atoms with van der Waals surface area (Å²) in [4.78, 5) is 8.72. The smallest absolute Gasteiger partial charge is 0.213 e. The van der Waals surface area contributed by atoms with Crippen molar-refractivity contribution >= 4 is 29.9 Å². The van der Waals surface area contributed by atoms with Gasteiger partial charge in [-0.05, 0) is 36.6 Å². The molecule has 1 aromatic carbocycles. The molecular formula is C18H25IN4O. The maximum Gasteiger partial charge on any atom is 0.213 e. The Bertz CT molecular complexity index is 661. The zero-order chi connectivity index (χ0) is 16.5. The molecule has 0 spiro atoms. The molecule has 0 aliphatic carbocycles. The van der Waals surface area contributed by atoms with Gasteiger partial charge in [0.1, 0.15) is 0 Å². The second kappa shape index (κ2) is 10.9. The van der Waals surface area contributed by atoms with Crippen molar-refractivity contribution in [3.05, 3.63) is 59.3 Å². The van der Waals surface area contributed by atoms with Crippen LogP contribution in [0.5, 0.6) is 5.88 Å². The lowest BCUT2D eigenvalue weighted by atomic mass is 10.1. The number of halogens is 1. The fourth-order valence-corrected chi connectivity index (χ4v) is 2.16. The van der Waals surface area contributed by atoms with Crippen molar-refractivity contribution in [3.8, 4) is 5.88 Å². The third-order valence-electron chi connectivity index (χ3n) is 3.48. The first-order chi connectivity index (χ1) is 11.2. The van der Waals surface area contributed by atoms with E-state index in [2.05, 4.69) is 58.7 Å². The largest absolute Gasteiger partial charge is 0.481 e. The minimum absolute atomic E-state index is 0. The van der Waals surface area contributed by atoms with E-state index in [1.54, 1.807) is 13.3 Å². The number of aliphatic imine (C=N–C) groups is 1. The van der Waals surface area contributed by atoms with Gasteiger partial charge in [-0.2, -0.15) is 0 Å². The van der Waals surface area contributed by atoms with E-state index in [4.69, 9.17) is 4.74 Å². The van der Waals surface area contributed by atoms with Crippen molar-refractivity contribution in [2.75, 3.05) is 13.7 Å². The van der Waals surface area contributed by atoms with Gasteiger partial charge < -0.3 is 15.4 Å². The summed E-state index contributed by atoms with van der Waals surface area (Å²) in [6.07, 6.45) is 1.73. The van der Waals surface area contributed by atoms with Crippen LogP contribution < -0.4 is 15.4 Å². The third-order valence-corrected chi connectivity index (χ3v) is 3.48. The summed E-state index contributed by atoms with van der Waals surface area (Å²) in [7, 11) is 1.61. The Kier molecular flexibility index (Phi) is 9.14. The standard InChI is InChI=1S/C18H24N4O.HI/c1-4-19-18(22-13-16-8-6-5-7-14(16)2)21-12-15-9-10-20-17(11-15)23-3;/h5-11H,4,12-13H2,1-3H3,(H2,19,21,22);1H.